The van der Waals surface area contributed by atoms with E-state index < -0.39 is 0 Å². The minimum atomic E-state index is 0.678. The minimum absolute atomic E-state index is 0.678. The zero-order valence-corrected chi connectivity index (χ0v) is 9.82. The Hall–Kier alpha value is -1.71. The lowest BCUT2D eigenvalue weighted by Crippen LogP contribution is -2.01. The Bertz CT molecular complexity index is 543. The summed E-state index contributed by atoms with van der Waals surface area (Å²) in [7, 11) is 1.90. The Morgan fingerprint density at radius 2 is 2.06 bits per heavy atom. The molecule has 0 aromatic carbocycles. The fraction of sp³-hybridized carbons (Fsp3) is 0.417. The second-order valence-corrected chi connectivity index (χ2v) is 3.81. The third-order valence-corrected chi connectivity index (χ3v) is 2.74. The summed E-state index contributed by atoms with van der Waals surface area (Å²) >= 11 is 0. The first-order valence-corrected chi connectivity index (χ1v) is 5.51. The monoisotopic (exact) mass is 217 g/mol. The van der Waals surface area contributed by atoms with Crippen LogP contribution < -0.4 is 0 Å². The summed E-state index contributed by atoms with van der Waals surface area (Å²) in [5.74, 6) is 0.836. The smallest absolute Gasteiger partial charge is 0.152 e. The van der Waals surface area contributed by atoms with E-state index in [4.69, 9.17) is 0 Å². The SMILES string of the molecule is CCc1nc(CC)c2c(C=O)cn(C)c2n1. The number of fused-ring (bicyclic) bond motifs is 1. The zero-order valence-electron chi connectivity index (χ0n) is 9.82. The van der Waals surface area contributed by atoms with E-state index in [0.717, 1.165) is 41.7 Å². The van der Waals surface area contributed by atoms with Crippen molar-refractivity contribution < 1.29 is 4.79 Å². The average molecular weight is 217 g/mol. The van der Waals surface area contributed by atoms with Crippen LogP contribution in [-0.2, 0) is 19.9 Å². The van der Waals surface area contributed by atoms with Gasteiger partial charge in [-0.15, -0.1) is 0 Å². The maximum absolute atomic E-state index is 11.0. The molecule has 2 aromatic rings. The molecule has 0 saturated carbocycles. The third kappa shape index (κ3) is 1.50. The molecule has 4 nitrogen and oxygen atoms in total. The number of aryl methyl sites for hydroxylation is 3. The molecule has 0 fully saturated rings. The van der Waals surface area contributed by atoms with Crippen LogP contribution >= 0.6 is 0 Å². The van der Waals surface area contributed by atoms with Gasteiger partial charge in [-0.25, -0.2) is 9.97 Å². The number of aromatic nitrogens is 3. The van der Waals surface area contributed by atoms with E-state index in [0.29, 0.717) is 5.56 Å². The molecule has 2 aromatic heterocycles. The van der Waals surface area contributed by atoms with Gasteiger partial charge in [-0.2, -0.15) is 0 Å². The molecule has 0 atom stereocenters. The molecule has 0 bridgehead atoms. The predicted octanol–water partition coefficient (Wildman–Crippen LogP) is 1.91. The van der Waals surface area contributed by atoms with E-state index in [2.05, 4.69) is 9.97 Å². The van der Waals surface area contributed by atoms with Gasteiger partial charge in [-0.1, -0.05) is 13.8 Å². The highest BCUT2D eigenvalue weighted by atomic mass is 16.1. The fourth-order valence-electron chi connectivity index (χ4n) is 1.93. The molecule has 84 valence electrons. The lowest BCUT2D eigenvalue weighted by atomic mass is 10.1. The summed E-state index contributed by atoms with van der Waals surface area (Å²) in [6.45, 7) is 4.08. The summed E-state index contributed by atoms with van der Waals surface area (Å²) in [5.41, 5.74) is 2.49. The van der Waals surface area contributed by atoms with Gasteiger partial charge in [0, 0.05) is 25.2 Å². The molecule has 0 amide bonds. The Balaban J connectivity index is 2.85. The number of aldehydes is 1. The molecule has 0 aliphatic carbocycles. The highest BCUT2D eigenvalue weighted by Crippen LogP contribution is 2.21. The number of hydrogen-bond donors (Lipinski definition) is 0. The van der Waals surface area contributed by atoms with Gasteiger partial charge in [0.2, 0.25) is 0 Å². The molecule has 2 heterocycles. The summed E-state index contributed by atoms with van der Waals surface area (Å²) in [6.07, 6.45) is 4.31. The van der Waals surface area contributed by atoms with Gasteiger partial charge in [0.05, 0.1) is 11.1 Å². The lowest BCUT2D eigenvalue weighted by Gasteiger charge is -2.04. The van der Waals surface area contributed by atoms with Crippen molar-refractivity contribution in [2.24, 2.45) is 7.05 Å². The van der Waals surface area contributed by atoms with Gasteiger partial charge in [0.15, 0.2) is 6.29 Å². The van der Waals surface area contributed by atoms with Crippen molar-refractivity contribution in [1.82, 2.24) is 14.5 Å². The maximum atomic E-state index is 11.0. The van der Waals surface area contributed by atoms with Crippen molar-refractivity contribution in [1.29, 1.82) is 0 Å². The molecule has 0 radical (unpaired) electrons. The lowest BCUT2D eigenvalue weighted by molar-refractivity contribution is 0.112. The van der Waals surface area contributed by atoms with Gasteiger partial charge in [0.1, 0.15) is 11.5 Å². The van der Waals surface area contributed by atoms with E-state index in [-0.39, 0.29) is 0 Å². The molecule has 0 N–H and O–H groups in total. The number of carbonyl (C=O) groups excluding carboxylic acids is 1. The molecule has 0 aliphatic rings. The van der Waals surface area contributed by atoms with Crippen LogP contribution in [0.4, 0.5) is 0 Å². The number of carbonyl (C=O) groups is 1. The minimum Gasteiger partial charge on any atom is -0.335 e. The Labute approximate surface area is 94.3 Å². The molecule has 4 heteroatoms. The topological polar surface area (TPSA) is 47.8 Å². The molecule has 2 rings (SSSR count). The van der Waals surface area contributed by atoms with Crippen LogP contribution in [0.5, 0.6) is 0 Å². The quantitative estimate of drug-likeness (QED) is 0.738. The van der Waals surface area contributed by atoms with Crippen LogP contribution in [0, 0.1) is 0 Å². The van der Waals surface area contributed by atoms with Gasteiger partial charge >= 0.3 is 0 Å². The van der Waals surface area contributed by atoms with Crippen molar-refractivity contribution in [2.75, 3.05) is 0 Å². The van der Waals surface area contributed by atoms with Crippen LogP contribution in [0.15, 0.2) is 6.20 Å². The summed E-state index contributed by atoms with van der Waals surface area (Å²) in [4.78, 5) is 19.9. The second-order valence-electron chi connectivity index (χ2n) is 3.81. The van der Waals surface area contributed by atoms with Gasteiger partial charge < -0.3 is 4.57 Å². The normalized spacial score (nSPS) is 10.9. The van der Waals surface area contributed by atoms with Crippen molar-refractivity contribution in [3.63, 3.8) is 0 Å². The Kier molecular flexibility index (Phi) is 2.73. The van der Waals surface area contributed by atoms with Crippen molar-refractivity contribution in [2.45, 2.75) is 26.7 Å². The number of rotatable bonds is 3. The maximum Gasteiger partial charge on any atom is 0.152 e. The van der Waals surface area contributed by atoms with Crippen LogP contribution in [0.2, 0.25) is 0 Å². The van der Waals surface area contributed by atoms with Crippen LogP contribution in [0.25, 0.3) is 11.0 Å². The van der Waals surface area contributed by atoms with Gasteiger partial charge in [-0.3, -0.25) is 4.79 Å². The van der Waals surface area contributed by atoms with E-state index in [1.54, 1.807) is 0 Å². The van der Waals surface area contributed by atoms with Crippen LogP contribution in [0.3, 0.4) is 0 Å². The number of hydrogen-bond acceptors (Lipinski definition) is 3. The van der Waals surface area contributed by atoms with Crippen molar-refractivity contribution in [3.8, 4) is 0 Å². The van der Waals surface area contributed by atoms with Crippen LogP contribution in [0.1, 0.15) is 35.7 Å². The number of nitrogens with zero attached hydrogens (tertiary/aromatic N) is 3. The van der Waals surface area contributed by atoms with E-state index in [1.165, 1.54) is 0 Å². The van der Waals surface area contributed by atoms with E-state index >= 15 is 0 Å². The second kappa shape index (κ2) is 4.04. The highest BCUT2D eigenvalue weighted by Gasteiger charge is 2.13. The molecule has 0 saturated heterocycles. The van der Waals surface area contributed by atoms with Gasteiger partial charge in [-0.05, 0) is 6.42 Å². The van der Waals surface area contributed by atoms with Crippen LogP contribution in [-0.4, -0.2) is 20.8 Å². The zero-order chi connectivity index (χ0) is 11.7. The standard InChI is InChI=1S/C12H15N3O/c1-4-9-11-8(7-16)6-15(3)12(11)14-10(5-2)13-9/h6-7H,4-5H2,1-3H3. The molecule has 0 unspecified atom stereocenters. The molecular formula is C12H15N3O. The first kappa shape index (κ1) is 10.8. The van der Waals surface area contributed by atoms with Crippen molar-refractivity contribution >= 4 is 17.3 Å². The molecular weight excluding hydrogens is 202 g/mol. The fourth-order valence-corrected chi connectivity index (χ4v) is 1.93. The first-order valence-electron chi connectivity index (χ1n) is 5.51. The molecule has 0 aliphatic heterocycles. The van der Waals surface area contributed by atoms with Crippen molar-refractivity contribution in [3.05, 3.63) is 23.3 Å². The first-order chi connectivity index (χ1) is 7.71. The predicted molar refractivity (Wildman–Crippen MR) is 62.7 cm³/mol. The van der Waals surface area contributed by atoms with E-state index in [9.17, 15) is 4.79 Å². The Morgan fingerprint density at radius 3 is 2.62 bits per heavy atom. The summed E-state index contributed by atoms with van der Waals surface area (Å²) in [5, 5.41) is 0.900. The summed E-state index contributed by atoms with van der Waals surface area (Å²) < 4.78 is 1.89. The average Bonchev–Trinajstić information content (AvgIpc) is 2.65. The third-order valence-electron chi connectivity index (χ3n) is 2.74. The van der Waals surface area contributed by atoms with E-state index in [1.807, 2.05) is 31.7 Å². The molecule has 0 spiro atoms. The largest absolute Gasteiger partial charge is 0.335 e. The summed E-state index contributed by atoms with van der Waals surface area (Å²) in [6, 6.07) is 0. The van der Waals surface area contributed by atoms with Gasteiger partial charge in [0.25, 0.3) is 0 Å². The highest BCUT2D eigenvalue weighted by molar-refractivity contribution is 5.97. The Morgan fingerprint density at radius 1 is 1.31 bits per heavy atom. The molecule has 16 heavy (non-hydrogen) atoms.